The predicted octanol–water partition coefficient (Wildman–Crippen LogP) is 3.08. The van der Waals surface area contributed by atoms with Gasteiger partial charge in [-0.1, -0.05) is 31.2 Å². The third-order valence-corrected chi connectivity index (χ3v) is 4.30. The molecule has 0 bridgehead atoms. The van der Waals surface area contributed by atoms with Crippen LogP contribution in [0.3, 0.4) is 0 Å². The lowest BCUT2D eigenvalue weighted by Crippen LogP contribution is -2.21. The number of nitrogens with two attached hydrogens (primary N) is 1. The fourth-order valence-corrected chi connectivity index (χ4v) is 2.99. The SMILES string of the molecule is CCC(N)Cc1ccn(CC2OCCc3ccccc32)c1. The van der Waals surface area contributed by atoms with Crippen molar-refractivity contribution in [3.63, 3.8) is 0 Å². The van der Waals surface area contributed by atoms with Crippen LogP contribution in [0.4, 0.5) is 0 Å². The summed E-state index contributed by atoms with van der Waals surface area (Å²) in [4.78, 5) is 0. The van der Waals surface area contributed by atoms with E-state index in [0.29, 0.717) is 0 Å². The Bertz CT molecular complexity index is 590. The van der Waals surface area contributed by atoms with Gasteiger partial charge in [0.15, 0.2) is 0 Å². The lowest BCUT2D eigenvalue weighted by Gasteiger charge is -2.26. The van der Waals surface area contributed by atoms with Crippen molar-refractivity contribution >= 4 is 0 Å². The third-order valence-electron chi connectivity index (χ3n) is 4.30. The zero-order valence-electron chi connectivity index (χ0n) is 12.7. The second-order valence-electron chi connectivity index (χ2n) is 5.90. The molecule has 3 rings (SSSR count). The largest absolute Gasteiger partial charge is 0.371 e. The van der Waals surface area contributed by atoms with Gasteiger partial charge in [-0.05, 0) is 42.0 Å². The van der Waals surface area contributed by atoms with Crippen LogP contribution in [0.2, 0.25) is 0 Å². The standard InChI is InChI=1S/C18H24N2O/c1-2-16(19)11-14-7-9-20(12-14)13-18-17-6-4-3-5-15(17)8-10-21-18/h3-7,9,12,16,18H,2,8,10-11,13,19H2,1H3. The molecule has 3 nitrogen and oxygen atoms in total. The van der Waals surface area contributed by atoms with Crippen LogP contribution in [0.5, 0.6) is 0 Å². The maximum absolute atomic E-state index is 6.03. The molecule has 1 aliphatic rings. The van der Waals surface area contributed by atoms with E-state index in [0.717, 1.165) is 32.4 Å². The molecule has 2 N–H and O–H groups in total. The number of ether oxygens (including phenoxy) is 1. The molecule has 2 aromatic rings. The van der Waals surface area contributed by atoms with Crippen molar-refractivity contribution in [2.75, 3.05) is 6.61 Å². The highest BCUT2D eigenvalue weighted by Gasteiger charge is 2.20. The average molecular weight is 284 g/mol. The zero-order valence-corrected chi connectivity index (χ0v) is 12.7. The molecule has 3 heteroatoms. The number of benzene rings is 1. The van der Waals surface area contributed by atoms with Gasteiger partial charge in [0.2, 0.25) is 0 Å². The smallest absolute Gasteiger partial charge is 0.101 e. The number of fused-ring (bicyclic) bond motifs is 1. The molecule has 112 valence electrons. The molecule has 0 spiro atoms. The highest BCUT2D eigenvalue weighted by atomic mass is 16.5. The summed E-state index contributed by atoms with van der Waals surface area (Å²) in [6.07, 6.45) is 7.49. The number of nitrogens with zero attached hydrogens (tertiary/aromatic N) is 1. The van der Waals surface area contributed by atoms with Gasteiger partial charge < -0.3 is 15.0 Å². The summed E-state index contributed by atoms with van der Waals surface area (Å²) in [6, 6.07) is 11.0. The molecule has 0 fully saturated rings. The monoisotopic (exact) mass is 284 g/mol. The molecular formula is C18H24N2O. The van der Waals surface area contributed by atoms with Crippen LogP contribution >= 0.6 is 0 Å². The second-order valence-corrected chi connectivity index (χ2v) is 5.90. The quantitative estimate of drug-likeness (QED) is 0.916. The van der Waals surface area contributed by atoms with Gasteiger partial charge in [0.1, 0.15) is 6.10 Å². The fourth-order valence-electron chi connectivity index (χ4n) is 2.99. The predicted molar refractivity (Wildman–Crippen MR) is 85.2 cm³/mol. The lowest BCUT2D eigenvalue weighted by atomic mass is 9.97. The molecule has 1 aromatic carbocycles. The van der Waals surface area contributed by atoms with Crippen LogP contribution in [-0.2, 0) is 24.1 Å². The van der Waals surface area contributed by atoms with E-state index in [1.54, 1.807) is 0 Å². The molecule has 2 heterocycles. The van der Waals surface area contributed by atoms with Gasteiger partial charge in [0.25, 0.3) is 0 Å². The molecular weight excluding hydrogens is 260 g/mol. The van der Waals surface area contributed by atoms with Crippen molar-refractivity contribution in [2.24, 2.45) is 5.73 Å². The van der Waals surface area contributed by atoms with Crippen LogP contribution in [0.1, 0.15) is 36.1 Å². The molecule has 2 unspecified atom stereocenters. The lowest BCUT2D eigenvalue weighted by molar-refractivity contribution is 0.0306. The number of hydrogen-bond acceptors (Lipinski definition) is 2. The van der Waals surface area contributed by atoms with Gasteiger partial charge in [0, 0.05) is 18.4 Å². The van der Waals surface area contributed by atoms with Crippen molar-refractivity contribution in [3.05, 3.63) is 59.4 Å². The maximum Gasteiger partial charge on any atom is 0.101 e. The first-order valence-electron chi connectivity index (χ1n) is 7.86. The van der Waals surface area contributed by atoms with Gasteiger partial charge in [-0.25, -0.2) is 0 Å². The van der Waals surface area contributed by atoms with Crippen molar-refractivity contribution in [1.82, 2.24) is 4.57 Å². The number of aromatic nitrogens is 1. The Morgan fingerprint density at radius 2 is 2.19 bits per heavy atom. The Morgan fingerprint density at radius 3 is 3.05 bits per heavy atom. The van der Waals surface area contributed by atoms with Crippen molar-refractivity contribution in [3.8, 4) is 0 Å². The molecule has 2 atom stereocenters. The molecule has 1 aromatic heterocycles. The Hall–Kier alpha value is -1.58. The summed E-state index contributed by atoms with van der Waals surface area (Å²) in [5.74, 6) is 0. The summed E-state index contributed by atoms with van der Waals surface area (Å²) in [7, 11) is 0. The summed E-state index contributed by atoms with van der Waals surface area (Å²) < 4.78 is 8.20. The van der Waals surface area contributed by atoms with Crippen LogP contribution in [0, 0.1) is 0 Å². The second kappa shape index (κ2) is 6.46. The Kier molecular flexibility index (Phi) is 4.42. The minimum atomic E-state index is 0.162. The molecule has 0 amide bonds. The van der Waals surface area contributed by atoms with Gasteiger partial charge in [0.05, 0.1) is 13.2 Å². The average Bonchev–Trinajstić information content (AvgIpc) is 2.94. The summed E-state index contributed by atoms with van der Waals surface area (Å²) in [5, 5.41) is 0. The topological polar surface area (TPSA) is 40.2 Å². The molecule has 21 heavy (non-hydrogen) atoms. The number of hydrogen-bond donors (Lipinski definition) is 1. The summed E-state index contributed by atoms with van der Waals surface area (Å²) >= 11 is 0. The van der Waals surface area contributed by atoms with Crippen LogP contribution in [0.15, 0.2) is 42.7 Å². The minimum absolute atomic E-state index is 0.162. The van der Waals surface area contributed by atoms with Crippen molar-refractivity contribution in [2.45, 2.75) is 44.9 Å². The summed E-state index contributed by atoms with van der Waals surface area (Å²) in [5.41, 5.74) is 10.1. The Morgan fingerprint density at radius 1 is 1.33 bits per heavy atom. The van der Waals surface area contributed by atoms with Crippen molar-refractivity contribution in [1.29, 1.82) is 0 Å². The normalized spacial score (nSPS) is 19.2. The van der Waals surface area contributed by atoms with Crippen molar-refractivity contribution < 1.29 is 4.74 Å². The highest BCUT2D eigenvalue weighted by Crippen LogP contribution is 2.28. The Balaban J connectivity index is 1.70. The van der Waals surface area contributed by atoms with E-state index in [2.05, 4.69) is 54.2 Å². The van der Waals surface area contributed by atoms with Gasteiger partial charge in [-0.3, -0.25) is 0 Å². The van der Waals surface area contributed by atoms with E-state index in [9.17, 15) is 0 Å². The first-order chi connectivity index (χ1) is 10.3. The zero-order chi connectivity index (χ0) is 14.7. The van der Waals surface area contributed by atoms with E-state index in [4.69, 9.17) is 10.5 Å². The molecule has 0 radical (unpaired) electrons. The van der Waals surface area contributed by atoms with E-state index in [1.165, 1.54) is 16.7 Å². The molecule has 0 aliphatic carbocycles. The van der Waals surface area contributed by atoms with E-state index < -0.39 is 0 Å². The van der Waals surface area contributed by atoms with Crippen LogP contribution in [0.25, 0.3) is 0 Å². The first-order valence-corrected chi connectivity index (χ1v) is 7.86. The fraction of sp³-hybridized carbons (Fsp3) is 0.444. The molecule has 0 saturated heterocycles. The third kappa shape index (κ3) is 3.36. The summed E-state index contributed by atoms with van der Waals surface area (Å²) in [6.45, 7) is 3.82. The highest BCUT2D eigenvalue weighted by molar-refractivity contribution is 5.31. The minimum Gasteiger partial charge on any atom is -0.371 e. The van der Waals surface area contributed by atoms with Gasteiger partial charge in [-0.15, -0.1) is 0 Å². The van der Waals surface area contributed by atoms with E-state index in [-0.39, 0.29) is 12.1 Å². The molecule has 0 saturated carbocycles. The van der Waals surface area contributed by atoms with E-state index >= 15 is 0 Å². The number of rotatable bonds is 5. The maximum atomic E-state index is 6.03. The van der Waals surface area contributed by atoms with Gasteiger partial charge in [-0.2, -0.15) is 0 Å². The van der Waals surface area contributed by atoms with E-state index in [1.807, 2.05) is 0 Å². The Labute approximate surface area is 126 Å². The van der Waals surface area contributed by atoms with Crippen LogP contribution < -0.4 is 5.73 Å². The molecule has 1 aliphatic heterocycles. The van der Waals surface area contributed by atoms with Crippen LogP contribution in [-0.4, -0.2) is 17.2 Å². The first kappa shape index (κ1) is 14.4. The van der Waals surface area contributed by atoms with Gasteiger partial charge >= 0.3 is 0 Å².